The van der Waals surface area contributed by atoms with Crippen molar-refractivity contribution in [2.75, 3.05) is 19.6 Å². The third kappa shape index (κ3) is 3.19. The van der Waals surface area contributed by atoms with Gasteiger partial charge in [-0.2, -0.15) is 0 Å². The van der Waals surface area contributed by atoms with E-state index in [0.29, 0.717) is 22.2 Å². The molecule has 0 atom stereocenters. The lowest BCUT2D eigenvalue weighted by Gasteiger charge is -2.05. The molecule has 1 aromatic heterocycles. The van der Waals surface area contributed by atoms with Crippen LogP contribution in [0.2, 0.25) is 0 Å². The Kier molecular flexibility index (Phi) is 4.29. The van der Waals surface area contributed by atoms with Gasteiger partial charge >= 0.3 is 0 Å². The van der Waals surface area contributed by atoms with Crippen LogP contribution in [0, 0.1) is 0 Å². The number of rotatable bonds is 5. The number of aromatic nitrogens is 1. The fourth-order valence-electron chi connectivity index (χ4n) is 2.07. The number of carbonyl (C=O) groups is 1. The van der Waals surface area contributed by atoms with Gasteiger partial charge in [0.25, 0.3) is 5.91 Å². The van der Waals surface area contributed by atoms with Crippen molar-refractivity contribution in [2.24, 2.45) is 0 Å². The number of amides is 1. The van der Waals surface area contributed by atoms with Crippen LogP contribution in [0.25, 0.3) is 10.2 Å². The summed E-state index contributed by atoms with van der Waals surface area (Å²) in [6.45, 7) is 0. The van der Waals surface area contributed by atoms with Crippen molar-refractivity contribution < 1.29 is 14.3 Å². The molecule has 0 radical (unpaired) electrons. The Balaban J connectivity index is 1.80. The number of ether oxygens (including phenoxy) is 2. The van der Waals surface area contributed by atoms with Gasteiger partial charge in [0.15, 0.2) is 0 Å². The molecule has 3 rings (SSSR count). The molecule has 0 bridgehead atoms. The van der Waals surface area contributed by atoms with Gasteiger partial charge in [-0.25, -0.2) is 4.98 Å². The SMILES string of the molecule is COc1cc(OC)c2nc(NNC(=O)c3ccccc3)sc2c1. The number of carbonyl (C=O) groups excluding carboxylic acids is 1. The van der Waals surface area contributed by atoms with Crippen molar-refractivity contribution in [1.29, 1.82) is 0 Å². The molecular weight excluding hydrogens is 314 g/mol. The molecule has 0 fully saturated rings. The number of fused-ring (bicyclic) bond motifs is 1. The van der Waals surface area contributed by atoms with E-state index in [1.807, 2.05) is 24.3 Å². The molecule has 2 aromatic carbocycles. The minimum atomic E-state index is -0.227. The molecule has 2 N–H and O–H groups in total. The second-order valence-corrected chi connectivity index (χ2v) is 5.67. The zero-order chi connectivity index (χ0) is 16.2. The largest absolute Gasteiger partial charge is 0.497 e. The van der Waals surface area contributed by atoms with Crippen LogP contribution in [0.15, 0.2) is 42.5 Å². The van der Waals surface area contributed by atoms with Crippen molar-refractivity contribution in [3.8, 4) is 11.5 Å². The highest BCUT2D eigenvalue weighted by Gasteiger charge is 2.12. The minimum Gasteiger partial charge on any atom is -0.497 e. The fraction of sp³-hybridized carbons (Fsp3) is 0.125. The summed E-state index contributed by atoms with van der Waals surface area (Å²) in [5.74, 6) is 1.09. The molecule has 6 nitrogen and oxygen atoms in total. The van der Waals surface area contributed by atoms with Crippen LogP contribution in [0.3, 0.4) is 0 Å². The van der Waals surface area contributed by atoms with Crippen LogP contribution in [0.5, 0.6) is 11.5 Å². The van der Waals surface area contributed by atoms with Crippen molar-refractivity contribution in [3.63, 3.8) is 0 Å². The molecule has 1 amide bonds. The van der Waals surface area contributed by atoms with E-state index in [9.17, 15) is 4.79 Å². The number of hydrazine groups is 1. The second-order valence-electron chi connectivity index (χ2n) is 4.64. The van der Waals surface area contributed by atoms with Crippen LogP contribution in [0.4, 0.5) is 5.13 Å². The quantitative estimate of drug-likeness (QED) is 0.704. The molecule has 3 aromatic rings. The Morgan fingerprint density at radius 1 is 1.13 bits per heavy atom. The first-order valence-corrected chi connectivity index (χ1v) is 7.67. The number of nitrogens with zero attached hydrogens (tertiary/aromatic N) is 1. The Morgan fingerprint density at radius 3 is 2.61 bits per heavy atom. The average Bonchev–Trinajstić information content (AvgIpc) is 3.02. The van der Waals surface area contributed by atoms with E-state index in [-0.39, 0.29) is 5.91 Å². The molecular formula is C16H15N3O3S. The van der Waals surface area contributed by atoms with Crippen LogP contribution in [-0.2, 0) is 0 Å². The molecule has 0 unspecified atom stereocenters. The van der Waals surface area contributed by atoms with Crippen molar-refractivity contribution in [2.45, 2.75) is 0 Å². The summed E-state index contributed by atoms with van der Waals surface area (Å²) in [5.41, 5.74) is 6.75. The molecule has 0 aliphatic heterocycles. The first-order valence-electron chi connectivity index (χ1n) is 6.85. The van der Waals surface area contributed by atoms with E-state index in [1.165, 1.54) is 11.3 Å². The van der Waals surface area contributed by atoms with Gasteiger partial charge < -0.3 is 9.47 Å². The lowest BCUT2D eigenvalue weighted by molar-refractivity contribution is 0.0962. The maximum Gasteiger partial charge on any atom is 0.269 e. The van der Waals surface area contributed by atoms with E-state index < -0.39 is 0 Å². The summed E-state index contributed by atoms with van der Waals surface area (Å²) in [4.78, 5) is 16.5. The summed E-state index contributed by atoms with van der Waals surface area (Å²) in [5, 5.41) is 0.566. The van der Waals surface area contributed by atoms with E-state index in [0.717, 1.165) is 10.2 Å². The van der Waals surface area contributed by atoms with Gasteiger partial charge in [-0.15, -0.1) is 0 Å². The maximum absolute atomic E-state index is 12.0. The molecule has 0 aliphatic carbocycles. The second kappa shape index (κ2) is 6.53. The molecule has 0 saturated carbocycles. The highest BCUT2D eigenvalue weighted by Crippen LogP contribution is 2.35. The molecule has 0 spiro atoms. The molecule has 1 heterocycles. The number of hydrogen-bond acceptors (Lipinski definition) is 6. The van der Waals surface area contributed by atoms with Gasteiger partial charge in [0, 0.05) is 11.6 Å². The summed E-state index contributed by atoms with van der Waals surface area (Å²) in [6.07, 6.45) is 0. The van der Waals surface area contributed by atoms with Gasteiger partial charge in [-0.1, -0.05) is 29.5 Å². The van der Waals surface area contributed by atoms with Crippen LogP contribution in [0.1, 0.15) is 10.4 Å². The van der Waals surface area contributed by atoms with Gasteiger partial charge in [-0.05, 0) is 18.2 Å². The third-order valence-corrected chi connectivity index (χ3v) is 4.13. The summed E-state index contributed by atoms with van der Waals surface area (Å²) in [6, 6.07) is 12.6. The monoisotopic (exact) mass is 329 g/mol. The zero-order valence-corrected chi connectivity index (χ0v) is 13.4. The number of methoxy groups -OCH3 is 2. The lowest BCUT2D eigenvalue weighted by Crippen LogP contribution is -2.29. The topological polar surface area (TPSA) is 72.5 Å². The molecule has 0 saturated heterocycles. The van der Waals surface area contributed by atoms with Gasteiger partial charge in [0.05, 0.1) is 18.9 Å². The number of hydrogen-bond donors (Lipinski definition) is 2. The summed E-state index contributed by atoms with van der Waals surface area (Å²) in [7, 11) is 3.18. The Bertz CT molecular complexity index is 833. The van der Waals surface area contributed by atoms with Crippen LogP contribution < -0.4 is 20.3 Å². The van der Waals surface area contributed by atoms with Gasteiger partial charge in [-0.3, -0.25) is 15.6 Å². The number of benzene rings is 2. The van der Waals surface area contributed by atoms with Crippen molar-refractivity contribution >= 4 is 32.6 Å². The molecule has 118 valence electrons. The van der Waals surface area contributed by atoms with Gasteiger partial charge in [0.2, 0.25) is 5.13 Å². The summed E-state index contributed by atoms with van der Waals surface area (Å²) >= 11 is 1.40. The predicted molar refractivity (Wildman–Crippen MR) is 90.3 cm³/mol. The molecule has 0 aliphatic rings. The first kappa shape index (κ1) is 15.1. The number of thiazole rings is 1. The normalized spacial score (nSPS) is 10.3. The van der Waals surface area contributed by atoms with Crippen LogP contribution in [-0.4, -0.2) is 25.1 Å². The predicted octanol–water partition coefficient (Wildman–Crippen LogP) is 3.07. The Morgan fingerprint density at radius 2 is 1.91 bits per heavy atom. The average molecular weight is 329 g/mol. The first-order chi connectivity index (χ1) is 11.2. The van der Waals surface area contributed by atoms with Crippen LogP contribution >= 0.6 is 11.3 Å². The Hall–Kier alpha value is -2.80. The van der Waals surface area contributed by atoms with E-state index in [4.69, 9.17) is 9.47 Å². The Labute approximate surface area is 137 Å². The highest BCUT2D eigenvalue weighted by atomic mass is 32.1. The smallest absolute Gasteiger partial charge is 0.269 e. The van der Waals surface area contributed by atoms with E-state index in [1.54, 1.807) is 32.4 Å². The fourth-order valence-corrected chi connectivity index (χ4v) is 2.94. The minimum absolute atomic E-state index is 0.227. The highest BCUT2D eigenvalue weighted by molar-refractivity contribution is 7.22. The zero-order valence-electron chi connectivity index (χ0n) is 12.6. The number of anilines is 1. The standard InChI is InChI=1S/C16H15N3O3S/c1-21-11-8-12(22-2)14-13(9-11)23-16(17-14)19-18-15(20)10-6-4-3-5-7-10/h3-9H,1-2H3,(H,17,19)(H,18,20). The third-order valence-electron chi connectivity index (χ3n) is 3.21. The molecule has 7 heteroatoms. The van der Waals surface area contributed by atoms with Crippen molar-refractivity contribution in [1.82, 2.24) is 10.4 Å². The number of nitrogens with one attached hydrogen (secondary N) is 2. The lowest BCUT2D eigenvalue weighted by atomic mass is 10.2. The van der Waals surface area contributed by atoms with E-state index in [2.05, 4.69) is 15.8 Å². The van der Waals surface area contributed by atoms with Crippen molar-refractivity contribution in [3.05, 3.63) is 48.0 Å². The summed E-state index contributed by atoms with van der Waals surface area (Å²) < 4.78 is 11.5. The van der Waals surface area contributed by atoms with E-state index >= 15 is 0 Å². The van der Waals surface area contributed by atoms with Gasteiger partial charge in [0.1, 0.15) is 17.0 Å². The maximum atomic E-state index is 12.0. The molecule has 23 heavy (non-hydrogen) atoms.